The van der Waals surface area contributed by atoms with Crippen molar-refractivity contribution in [2.24, 2.45) is 0 Å². The normalized spacial score (nSPS) is 11.8. The number of nitrogens with one attached hydrogen (secondary N) is 3. The van der Waals surface area contributed by atoms with Crippen LogP contribution in [0.25, 0.3) is 34.3 Å². The van der Waals surface area contributed by atoms with Crippen LogP contribution < -0.4 is 21.9 Å². The summed E-state index contributed by atoms with van der Waals surface area (Å²) < 4.78 is 49.1. The lowest BCUT2D eigenvalue weighted by atomic mass is 10.1. The predicted molar refractivity (Wildman–Crippen MR) is 141 cm³/mol. The zero-order valence-electron chi connectivity index (χ0n) is 21.7. The first-order valence-corrected chi connectivity index (χ1v) is 11.8. The molecule has 0 aliphatic heterocycles. The number of nitrogen functional groups attached to an aromatic ring is 1. The van der Waals surface area contributed by atoms with Crippen LogP contribution in [0.4, 0.5) is 24.9 Å². The van der Waals surface area contributed by atoms with E-state index in [0.29, 0.717) is 30.0 Å². The molecular formula is C25H27F3N8O4. The molecule has 1 atom stereocenters. The number of carbonyl (C=O) groups is 1. The van der Waals surface area contributed by atoms with E-state index in [1.54, 1.807) is 6.07 Å². The molecule has 0 spiro atoms. The minimum absolute atomic E-state index is 0.0262. The molecule has 5 N–H and O–H groups in total. The lowest BCUT2D eigenvalue weighted by Crippen LogP contribution is -2.29. The van der Waals surface area contributed by atoms with E-state index < -0.39 is 17.3 Å². The molecule has 1 unspecified atom stereocenters. The summed E-state index contributed by atoms with van der Waals surface area (Å²) in [5, 5.41) is 6.19. The van der Waals surface area contributed by atoms with Crippen LogP contribution in [0.2, 0.25) is 0 Å². The number of hydrogen-bond donors (Lipinski definition) is 4. The number of halogens is 3. The van der Waals surface area contributed by atoms with Gasteiger partial charge in [-0.05, 0) is 44.3 Å². The molecule has 4 rings (SSSR count). The number of aldehydes is 1. The van der Waals surface area contributed by atoms with Gasteiger partial charge in [0.2, 0.25) is 11.8 Å². The Labute approximate surface area is 226 Å². The Hall–Kier alpha value is -4.63. The molecule has 15 heteroatoms. The minimum atomic E-state index is -4.48. The number of alkyl halides is 3. The maximum absolute atomic E-state index is 13.0. The average Bonchev–Trinajstić information content (AvgIpc) is 3.39. The summed E-state index contributed by atoms with van der Waals surface area (Å²) in [6, 6.07) is 6.09. The molecule has 0 aliphatic rings. The number of hydrogen-bond acceptors (Lipinski definition) is 11. The van der Waals surface area contributed by atoms with Crippen molar-refractivity contribution in [2.75, 3.05) is 38.4 Å². The van der Waals surface area contributed by atoms with Crippen LogP contribution in [-0.2, 0) is 15.7 Å². The van der Waals surface area contributed by atoms with Crippen molar-refractivity contribution < 1.29 is 27.1 Å². The van der Waals surface area contributed by atoms with Crippen LogP contribution in [0, 0.1) is 0 Å². The van der Waals surface area contributed by atoms with E-state index in [9.17, 15) is 22.8 Å². The van der Waals surface area contributed by atoms with Crippen molar-refractivity contribution in [1.82, 2.24) is 30.2 Å². The summed E-state index contributed by atoms with van der Waals surface area (Å²) in [7, 11) is 3.31. The Bertz CT molecular complexity index is 1470. The fourth-order valence-electron chi connectivity index (χ4n) is 3.12. The topological polar surface area (TPSA) is 174 Å². The minimum Gasteiger partial charge on any atom is -0.434 e. The highest BCUT2D eigenvalue weighted by atomic mass is 19.4. The second kappa shape index (κ2) is 13.4. The van der Waals surface area contributed by atoms with Gasteiger partial charge in [-0.15, -0.1) is 0 Å². The van der Waals surface area contributed by atoms with Crippen molar-refractivity contribution in [3.05, 3.63) is 58.6 Å². The predicted octanol–water partition coefficient (Wildman–Crippen LogP) is 3.00. The molecule has 40 heavy (non-hydrogen) atoms. The summed E-state index contributed by atoms with van der Waals surface area (Å²) >= 11 is 0. The van der Waals surface area contributed by atoms with Crippen LogP contribution in [0.15, 0.2) is 51.9 Å². The van der Waals surface area contributed by atoms with E-state index >= 15 is 0 Å². The van der Waals surface area contributed by atoms with Gasteiger partial charge in [-0.1, -0.05) is 0 Å². The molecule has 0 saturated heterocycles. The first-order valence-electron chi connectivity index (χ1n) is 11.8. The third-order valence-corrected chi connectivity index (χ3v) is 5.34. The van der Waals surface area contributed by atoms with Gasteiger partial charge in [0.05, 0.1) is 17.5 Å². The molecule has 0 amide bonds. The zero-order valence-corrected chi connectivity index (χ0v) is 21.7. The Morgan fingerprint density at radius 1 is 1.18 bits per heavy atom. The number of carbonyl (C=O) groups excluding carboxylic acids is 1. The van der Waals surface area contributed by atoms with Gasteiger partial charge in [0.1, 0.15) is 24.3 Å². The fourth-order valence-corrected chi connectivity index (χ4v) is 3.12. The van der Waals surface area contributed by atoms with Gasteiger partial charge in [0.15, 0.2) is 11.6 Å². The molecule has 12 nitrogen and oxygen atoms in total. The van der Waals surface area contributed by atoms with Gasteiger partial charge in [-0.2, -0.15) is 13.2 Å². The summed E-state index contributed by atoms with van der Waals surface area (Å²) in [6.07, 6.45) is -0.942. The summed E-state index contributed by atoms with van der Waals surface area (Å²) in [4.78, 5) is 40.8. The maximum Gasteiger partial charge on any atom is 0.416 e. The lowest BCUT2D eigenvalue weighted by molar-refractivity contribution is -0.137. The Kier molecular flexibility index (Phi) is 10.1. The highest BCUT2D eigenvalue weighted by Gasteiger charge is 2.30. The largest absolute Gasteiger partial charge is 0.434 e. The second-order valence-corrected chi connectivity index (χ2v) is 8.24. The van der Waals surface area contributed by atoms with Gasteiger partial charge in [0, 0.05) is 31.5 Å². The molecule has 1 aromatic carbocycles. The quantitative estimate of drug-likeness (QED) is 0.222. The first-order chi connectivity index (χ1) is 19.1. The smallest absolute Gasteiger partial charge is 0.416 e. The van der Waals surface area contributed by atoms with E-state index in [1.807, 2.05) is 14.0 Å². The molecule has 0 radical (unpaired) electrons. The molecule has 0 bridgehead atoms. The number of nitrogens with two attached hydrogens (primary N) is 1. The molecular weight excluding hydrogens is 533 g/mol. The van der Waals surface area contributed by atoms with Crippen LogP contribution in [0.1, 0.15) is 12.5 Å². The lowest BCUT2D eigenvalue weighted by Gasteiger charge is -2.11. The highest BCUT2D eigenvalue weighted by Crippen LogP contribution is 2.35. The third kappa shape index (κ3) is 7.70. The Balaban J connectivity index is 0.000000810. The monoisotopic (exact) mass is 560 g/mol. The number of H-pyrrole nitrogens is 1. The molecule has 3 aromatic heterocycles. The number of ether oxygens (including phenoxy) is 1. The number of rotatable bonds is 9. The zero-order chi connectivity index (χ0) is 29.3. The number of oxazole rings is 1. The van der Waals surface area contributed by atoms with Crippen LogP contribution in [-0.4, -0.2) is 64.6 Å². The van der Waals surface area contributed by atoms with Crippen molar-refractivity contribution in [3.63, 3.8) is 0 Å². The SMILES string of the molecule is CNC(C)CNc1nccc(-c2oc(-c3ccc(C(F)(F)F)cc3)nc2-c2cnc(N)c(=O)[nH]2)n1.COCC=O. The number of methoxy groups -OCH3 is 1. The number of anilines is 2. The van der Waals surface area contributed by atoms with E-state index in [0.717, 1.165) is 12.1 Å². The van der Waals surface area contributed by atoms with Gasteiger partial charge in [-0.25, -0.2) is 19.9 Å². The van der Waals surface area contributed by atoms with Crippen LogP contribution in [0.3, 0.4) is 0 Å². The highest BCUT2D eigenvalue weighted by molar-refractivity contribution is 5.75. The van der Waals surface area contributed by atoms with E-state index in [2.05, 4.69) is 40.3 Å². The molecule has 4 aromatic rings. The van der Waals surface area contributed by atoms with Crippen molar-refractivity contribution >= 4 is 18.1 Å². The number of likely N-dealkylation sites (N-methyl/N-ethyl adjacent to an activating group) is 1. The molecule has 0 saturated carbocycles. The summed E-state index contributed by atoms with van der Waals surface area (Å²) in [5.41, 5.74) is 5.10. The van der Waals surface area contributed by atoms with E-state index in [-0.39, 0.29) is 41.5 Å². The first kappa shape index (κ1) is 29.9. The van der Waals surface area contributed by atoms with Crippen LogP contribution in [0.5, 0.6) is 0 Å². The average molecular weight is 561 g/mol. The molecule has 212 valence electrons. The Morgan fingerprint density at radius 3 is 2.48 bits per heavy atom. The van der Waals surface area contributed by atoms with Gasteiger partial charge in [-0.3, -0.25) is 4.79 Å². The van der Waals surface area contributed by atoms with E-state index in [1.165, 1.54) is 31.6 Å². The van der Waals surface area contributed by atoms with Crippen molar-refractivity contribution in [3.8, 4) is 34.3 Å². The van der Waals surface area contributed by atoms with Gasteiger partial charge >= 0.3 is 6.18 Å². The standard InChI is InChI=1S/C22H21F3N8O2.C3H6O2/c1-11(27-2)9-30-21-28-8-7-14(32-21)17-16(15-10-29-18(26)19(34)31-15)33-20(35-17)12-3-5-13(6-4-12)22(23,24)25;1-5-3-2-4/h3-8,10-11,27H,9H2,1-2H3,(H2,26,29)(H,31,34)(H,28,30,32);2H,3H2,1H3. The fraction of sp³-hybridized carbons (Fsp3) is 0.280. The number of benzene rings is 1. The van der Waals surface area contributed by atoms with Gasteiger partial charge < -0.3 is 35.3 Å². The molecule has 0 aliphatic carbocycles. The third-order valence-electron chi connectivity index (χ3n) is 5.34. The number of nitrogens with zero attached hydrogens (tertiary/aromatic N) is 4. The molecule has 0 fully saturated rings. The number of aromatic nitrogens is 5. The second-order valence-electron chi connectivity index (χ2n) is 8.24. The van der Waals surface area contributed by atoms with E-state index in [4.69, 9.17) is 10.2 Å². The number of aromatic amines is 1. The Morgan fingerprint density at radius 2 is 1.90 bits per heavy atom. The van der Waals surface area contributed by atoms with Crippen LogP contribution >= 0.6 is 0 Å². The van der Waals surface area contributed by atoms with Gasteiger partial charge in [0.25, 0.3) is 5.56 Å². The molecule has 3 heterocycles. The summed E-state index contributed by atoms with van der Waals surface area (Å²) in [5.74, 6) is 0.286. The van der Waals surface area contributed by atoms with Crippen molar-refractivity contribution in [2.45, 2.75) is 19.1 Å². The van der Waals surface area contributed by atoms with Crippen molar-refractivity contribution in [1.29, 1.82) is 0 Å². The summed E-state index contributed by atoms with van der Waals surface area (Å²) in [6.45, 7) is 2.74. The maximum atomic E-state index is 13.0.